The molecule has 7 heteroatoms. The van der Waals surface area contributed by atoms with Gasteiger partial charge in [-0.3, -0.25) is 19.2 Å². The molecule has 0 aromatic heterocycles. The molecule has 3 aromatic carbocycles. The van der Waals surface area contributed by atoms with Crippen molar-refractivity contribution in [3.05, 3.63) is 114 Å². The van der Waals surface area contributed by atoms with E-state index in [0.717, 1.165) is 11.1 Å². The van der Waals surface area contributed by atoms with Crippen LogP contribution in [0.3, 0.4) is 0 Å². The minimum atomic E-state index is -0.983. The highest BCUT2D eigenvalue weighted by Crippen LogP contribution is 2.30. The minimum Gasteiger partial charge on any atom is -0.497 e. The Balaban J connectivity index is 0.000000308. The van der Waals surface area contributed by atoms with Gasteiger partial charge in [-0.25, -0.2) is 0 Å². The fourth-order valence-corrected chi connectivity index (χ4v) is 3.66. The van der Waals surface area contributed by atoms with Crippen molar-refractivity contribution in [1.29, 1.82) is 0 Å². The van der Waals surface area contributed by atoms with Gasteiger partial charge in [0.25, 0.3) is 0 Å². The van der Waals surface area contributed by atoms with E-state index in [4.69, 9.17) is 9.47 Å². The van der Waals surface area contributed by atoms with Crippen LogP contribution in [0.4, 0.5) is 0 Å². The average Bonchev–Trinajstić information content (AvgIpc) is 2.96. The van der Waals surface area contributed by atoms with E-state index in [-0.39, 0.29) is 18.0 Å². The molecule has 2 atom stereocenters. The third-order valence-electron chi connectivity index (χ3n) is 5.82. The number of ketones is 2. The van der Waals surface area contributed by atoms with E-state index in [1.807, 2.05) is 49.4 Å². The van der Waals surface area contributed by atoms with Gasteiger partial charge in [-0.05, 0) is 36.8 Å². The maximum Gasteiger partial charge on any atom is 0.317 e. The van der Waals surface area contributed by atoms with Gasteiger partial charge in [0.15, 0.2) is 11.6 Å². The van der Waals surface area contributed by atoms with E-state index in [9.17, 15) is 19.2 Å². The Hall–Kier alpha value is -4.52. The molecule has 3 aromatic rings. The third kappa shape index (κ3) is 8.27. The van der Waals surface area contributed by atoms with Crippen LogP contribution < -0.4 is 4.74 Å². The molecule has 0 N–H and O–H groups in total. The van der Waals surface area contributed by atoms with E-state index in [1.165, 1.54) is 14.2 Å². The Labute approximate surface area is 223 Å². The number of hydrogen-bond acceptors (Lipinski definition) is 7. The van der Waals surface area contributed by atoms with Gasteiger partial charge in [-0.2, -0.15) is 0 Å². The van der Waals surface area contributed by atoms with Gasteiger partial charge in [0, 0.05) is 17.0 Å². The molecule has 0 aliphatic heterocycles. The zero-order valence-electron chi connectivity index (χ0n) is 22.0. The molecule has 0 amide bonds. The quantitative estimate of drug-likeness (QED) is 0.155. The lowest BCUT2D eigenvalue weighted by Crippen LogP contribution is -2.30. The molecule has 7 nitrogen and oxygen atoms in total. The van der Waals surface area contributed by atoms with Crippen LogP contribution in [0, 0.1) is 12.8 Å². The van der Waals surface area contributed by atoms with Gasteiger partial charge in [0.1, 0.15) is 18.1 Å². The molecule has 2 unspecified atom stereocenters. The van der Waals surface area contributed by atoms with Crippen molar-refractivity contribution in [3.8, 4) is 5.75 Å². The van der Waals surface area contributed by atoms with Crippen LogP contribution in [0.25, 0.3) is 0 Å². The van der Waals surface area contributed by atoms with Gasteiger partial charge < -0.3 is 14.2 Å². The number of ether oxygens (including phenoxy) is 3. The highest BCUT2D eigenvalue weighted by Gasteiger charge is 2.35. The lowest BCUT2D eigenvalue weighted by atomic mass is 9.81. The van der Waals surface area contributed by atoms with Crippen LogP contribution in [0.5, 0.6) is 5.75 Å². The summed E-state index contributed by atoms with van der Waals surface area (Å²) < 4.78 is 14.4. The number of hydrogen-bond donors (Lipinski definition) is 0. The largest absolute Gasteiger partial charge is 0.497 e. The van der Waals surface area contributed by atoms with Crippen LogP contribution in [0.2, 0.25) is 0 Å². The third-order valence-corrected chi connectivity index (χ3v) is 5.82. The molecule has 198 valence electrons. The monoisotopic (exact) mass is 516 g/mol. The van der Waals surface area contributed by atoms with Crippen molar-refractivity contribution in [2.45, 2.75) is 19.3 Å². The Morgan fingerprint density at radius 1 is 0.789 bits per heavy atom. The molecule has 0 radical (unpaired) electrons. The lowest BCUT2D eigenvalue weighted by Gasteiger charge is -2.22. The fourth-order valence-electron chi connectivity index (χ4n) is 3.66. The van der Waals surface area contributed by atoms with Gasteiger partial charge in [0.05, 0.1) is 21.3 Å². The van der Waals surface area contributed by atoms with Crippen molar-refractivity contribution in [2.75, 3.05) is 21.3 Å². The molecule has 0 aliphatic rings. The van der Waals surface area contributed by atoms with Crippen molar-refractivity contribution < 1.29 is 33.4 Å². The summed E-state index contributed by atoms with van der Waals surface area (Å²) in [6, 6.07) is 23.1. The summed E-state index contributed by atoms with van der Waals surface area (Å²) in [5.41, 5.74) is 2.89. The minimum absolute atomic E-state index is 0.195. The number of allylic oxidation sites excluding steroid dienone is 1. The van der Waals surface area contributed by atoms with E-state index >= 15 is 0 Å². The van der Waals surface area contributed by atoms with Gasteiger partial charge >= 0.3 is 11.9 Å². The van der Waals surface area contributed by atoms with Crippen molar-refractivity contribution in [1.82, 2.24) is 0 Å². The number of aryl methyl sites for hydroxylation is 1. The fraction of sp³-hybridized carbons (Fsp3) is 0.226. The number of methoxy groups -OCH3 is 3. The number of benzene rings is 3. The number of esters is 2. The SMILES string of the molecule is C=CC(c1ccccc1)C(C(=O)OC)C(=O)c1ccc(OC)cc1.COC(=O)CC(=O)c1ccc(C)cc1. The molecule has 3 rings (SSSR count). The zero-order chi connectivity index (χ0) is 28.1. The summed E-state index contributed by atoms with van der Waals surface area (Å²) >= 11 is 0. The molecule has 0 saturated carbocycles. The topological polar surface area (TPSA) is 96.0 Å². The zero-order valence-corrected chi connectivity index (χ0v) is 22.0. The highest BCUT2D eigenvalue weighted by atomic mass is 16.5. The maximum absolute atomic E-state index is 12.9. The summed E-state index contributed by atoms with van der Waals surface area (Å²) in [5.74, 6) is -2.41. The second-order valence-corrected chi connectivity index (χ2v) is 8.31. The summed E-state index contributed by atoms with van der Waals surface area (Å²) in [5, 5.41) is 0. The Bertz CT molecular complexity index is 1230. The first-order valence-corrected chi connectivity index (χ1v) is 11.9. The van der Waals surface area contributed by atoms with Gasteiger partial charge in [-0.1, -0.05) is 66.2 Å². The second kappa shape index (κ2) is 14.9. The normalized spacial score (nSPS) is 11.6. The summed E-state index contributed by atoms with van der Waals surface area (Å²) in [6.45, 7) is 5.74. The van der Waals surface area contributed by atoms with Crippen molar-refractivity contribution in [2.24, 2.45) is 5.92 Å². The molecule has 0 saturated heterocycles. The Morgan fingerprint density at radius 3 is 1.87 bits per heavy atom. The molecule has 38 heavy (non-hydrogen) atoms. The smallest absolute Gasteiger partial charge is 0.317 e. The van der Waals surface area contributed by atoms with Crippen molar-refractivity contribution in [3.63, 3.8) is 0 Å². The van der Waals surface area contributed by atoms with E-state index < -0.39 is 23.8 Å². The molecular weight excluding hydrogens is 484 g/mol. The summed E-state index contributed by atoms with van der Waals surface area (Å²) in [7, 11) is 4.10. The van der Waals surface area contributed by atoms with E-state index in [0.29, 0.717) is 16.9 Å². The second-order valence-electron chi connectivity index (χ2n) is 8.31. The Morgan fingerprint density at radius 2 is 1.37 bits per heavy atom. The predicted molar refractivity (Wildman–Crippen MR) is 144 cm³/mol. The standard InChI is InChI=1S/C20H20O4.C11H12O3/c1-4-17(14-8-6-5-7-9-14)18(20(22)24-3)19(21)15-10-12-16(23-2)13-11-15;1-8-3-5-9(6-4-8)10(12)7-11(13)14-2/h4-13,17-18H,1H2,2-3H3;3-6H,7H2,1-2H3. The molecule has 0 heterocycles. The van der Waals surface area contributed by atoms with Gasteiger partial charge in [0.2, 0.25) is 0 Å². The molecule has 0 bridgehead atoms. The highest BCUT2D eigenvalue weighted by molar-refractivity contribution is 6.09. The summed E-state index contributed by atoms with van der Waals surface area (Å²) in [4.78, 5) is 47.5. The lowest BCUT2D eigenvalue weighted by molar-refractivity contribution is -0.144. The average molecular weight is 517 g/mol. The Kier molecular flexibility index (Phi) is 11.6. The first-order chi connectivity index (χ1) is 18.2. The number of Topliss-reactive ketones (excluding diaryl/α,β-unsaturated/α-hetero) is 2. The van der Waals surface area contributed by atoms with E-state index in [2.05, 4.69) is 11.3 Å². The van der Waals surface area contributed by atoms with Gasteiger partial charge in [-0.15, -0.1) is 6.58 Å². The first-order valence-electron chi connectivity index (χ1n) is 11.9. The van der Waals surface area contributed by atoms with Crippen LogP contribution in [-0.4, -0.2) is 44.8 Å². The van der Waals surface area contributed by atoms with Crippen LogP contribution in [0.1, 0.15) is 44.2 Å². The van der Waals surface area contributed by atoms with Crippen molar-refractivity contribution >= 4 is 23.5 Å². The van der Waals surface area contributed by atoms with E-state index in [1.54, 1.807) is 49.6 Å². The molecule has 0 fully saturated rings. The molecular formula is C31H32O7. The van der Waals surface area contributed by atoms with Crippen LogP contribution in [-0.2, 0) is 19.1 Å². The van der Waals surface area contributed by atoms with Crippen LogP contribution in [0.15, 0.2) is 91.5 Å². The number of carbonyl (C=O) groups is 4. The predicted octanol–water partition coefficient (Wildman–Crippen LogP) is 5.38. The number of carbonyl (C=O) groups excluding carboxylic acids is 4. The maximum atomic E-state index is 12.9. The number of rotatable bonds is 10. The van der Waals surface area contributed by atoms with Crippen LogP contribution >= 0.6 is 0 Å². The summed E-state index contributed by atoms with van der Waals surface area (Å²) in [6.07, 6.45) is 1.41. The molecule has 0 spiro atoms. The first kappa shape index (κ1) is 29.7. The molecule has 0 aliphatic carbocycles.